The van der Waals surface area contributed by atoms with Crippen molar-refractivity contribution in [3.8, 4) is 0 Å². The van der Waals surface area contributed by atoms with Gasteiger partial charge in [0, 0.05) is 38.8 Å². The number of piperazine rings is 1. The van der Waals surface area contributed by atoms with Crippen molar-refractivity contribution in [2.45, 2.75) is 44.7 Å². The zero-order valence-electron chi connectivity index (χ0n) is 14.7. The summed E-state index contributed by atoms with van der Waals surface area (Å²) in [7, 11) is 0. The van der Waals surface area contributed by atoms with Crippen molar-refractivity contribution in [2.24, 2.45) is 23.7 Å². The van der Waals surface area contributed by atoms with Crippen molar-refractivity contribution >= 4 is 0 Å². The summed E-state index contributed by atoms with van der Waals surface area (Å²) < 4.78 is 0. The van der Waals surface area contributed by atoms with Crippen LogP contribution in [-0.4, -0.2) is 42.1 Å². The highest BCUT2D eigenvalue weighted by Crippen LogP contribution is 2.53. The van der Waals surface area contributed by atoms with Crippen LogP contribution in [0.15, 0.2) is 30.3 Å². The zero-order valence-corrected chi connectivity index (χ0v) is 14.7. The fraction of sp³-hybridized carbons (Fsp3) is 0.714. The monoisotopic (exact) mass is 325 g/mol. The number of hydrazine groups is 1. The van der Waals surface area contributed by atoms with Gasteiger partial charge in [0.25, 0.3) is 0 Å². The summed E-state index contributed by atoms with van der Waals surface area (Å²) in [6.45, 7) is 5.84. The van der Waals surface area contributed by atoms with E-state index in [1.165, 1.54) is 57.4 Å². The van der Waals surface area contributed by atoms with Crippen LogP contribution in [0.3, 0.4) is 0 Å². The van der Waals surface area contributed by atoms with Crippen LogP contribution in [0, 0.1) is 23.7 Å². The molecule has 0 aromatic heterocycles. The van der Waals surface area contributed by atoms with Gasteiger partial charge in [-0.15, -0.1) is 0 Å². The lowest BCUT2D eigenvalue weighted by molar-refractivity contribution is -0.0517. The Morgan fingerprint density at radius 3 is 2.04 bits per heavy atom. The second-order valence-corrected chi connectivity index (χ2v) is 8.83. The van der Waals surface area contributed by atoms with E-state index in [2.05, 4.69) is 45.7 Å². The first-order valence-corrected chi connectivity index (χ1v) is 10.1. The van der Waals surface area contributed by atoms with Crippen LogP contribution in [0.4, 0.5) is 0 Å². The van der Waals surface area contributed by atoms with E-state index in [1.54, 1.807) is 6.42 Å². The number of rotatable bonds is 4. The molecule has 5 fully saturated rings. The van der Waals surface area contributed by atoms with Gasteiger partial charge < -0.3 is 0 Å². The van der Waals surface area contributed by atoms with Gasteiger partial charge in [0.15, 0.2) is 0 Å². The van der Waals surface area contributed by atoms with E-state index < -0.39 is 0 Å². The fourth-order valence-corrected chi connectivity index (χ4v) is 6.22. The Hall–Kier alpha value is -0.900. The normalized spacial score (nSPS) is 39.4. The molecule has 0 spiro atoms. The molecule has 24 heavy (non-hydrogen) atoms. The lowest BCUT2D eigenvalue weighted by Gasteiger charge is -2.55. The fourth-order valence-electron chi connectivity index (χ4n) is 6.22. The van der Waals surface area contributed by atoms with E-state index >= 15 is 0 Å². The Morgan fingerprint density at radius 1 is 0.792 bits per heavy atom. The topological polar surface area (TPSA) is 18.5 Å². The number of hydrogen-bond donors (Lipinski definition) is 1. The number of nitrogens with zero attached hydrogens (tertiary/aromatic N) is 2. The molecule has 1 aromatic rings. The minimum Gasteiger partial charge on any atom is -0.296 e. The molecule has 3 heteroatoms. The van der Waals surface area contributed by atoms with Crippen LogP contribution in [0.25, 0.3) is 0 Å². The standard InChI is InChI=1S/C21H31N3/c1-2-4-16(5-3-1)15-23-6-8-24(9-7-23)22-21-19-11-17-10-18(13-19)14-20(21)12-17/h1-5,17-22H,6-15H2. The summed E-state index contributed by atoms with van der Waals surface area (Å²) in [5.41, 5.74) is 5.44. The quantitative estimate of drug-likeness (QED) is 0.917. The van der Waals surface area contributed by atoms with E-state index in [-0.39, 0.29) is 0 Å². The SMILES string of the molecule is c1ccc(CN2CCN(NC3C4CC5CC(C4)CC3C5)CC2)cc1. The summed E-state index contributed by atoms with van der Waals surface area (Å²) in [4.78, 5) is 2.60. The lowest BCUT2D eigenvalue weighted by atomic mass is 9.54. The van der Waals surface area contributed by atoms with E-state index in [0.717, 1.165) is 36.3 Å². The van der Waals surface area contributed by atoms with Gasteiger partial charge in [-0.25, -0.2) is 5.01 Å². The maximum absolute atomic E-state index is 3.99. The zero-order chi connectivity index (χ0) is 15.9. The minimum atomic E-state index is 0.790. The van der Waals surface area contributed by atoms with Gasteiger partial charge in [-0.3, -0.25) is 10.3 Å². The van der Waals surface area contributed by atoms with Gasteiger partial charge in [-0.05, 0) is 61.3 Å². The molecule has 1 aromatic carbocycles. The molecule has 1 aliphatic heterocycles. The maximum Gasteiger partial charge on any atom is 0.0272 e. The molecule has 4 bridgehead atoms. The summed E-state index contributed by atoms with van der Waals surface area (Å²) in [5, 5.41) is 2.55. The van der Waals surface area contributed by atoms with Crippen molar-refractivity contribution in [2.75, 3.05) is 26.2 Å². The van der Waals surface area contributed by atoms with Gasteiger partial charge in [0.05, 0.1) is 0 Å². The number of benzene rings is 1. The lowest BCUT2D eigenvalue weighted by Crippen LogP contribution is -2.61. The predicted octanol–water partition coefficient (Wildman–Crippen LogP) is 3.13. The molecule has 1 N–H and O–H groups in total. The van der Waals surface area contributed by atoms with E-state index in [0.29, 0.717) is 0 Å². The van der Waals surface area contributed by atoms with Crippen molar-refractivity contribution in [1.29, 1.82) is 0 Å². The number of nitrogens with one attached hydrogen (secondary N) is 1. The summed E-state index contributed by atoms with van der Waals surface area (Å²) >= 11 is 0. The average molecular weight is 326 g/mol. The molecule has 5 aliphatic rings. The minimum absolute atomic E-state index is 0.790. The highest BCUT2D eigenvalue weighted by atomic mass is 15.5. The second kappa shape index (κ2) is 6.44. The molecular formula is C21H31N3. The van der Waals surface area contributed by atoms with Gasteiger partial charge in [0.1, 0.15) is 0 Å². The van der Waals surface area contributed by atoms with Crippen LogP contribution < -0.4 is 5.43 Å². The molecule has 130 valence electrons. The molecule has 1 saturated heterocycles. The smallest absolute Gasteiger partial charge is 0.0272 e. The predicted molar refractivity (Wildman–Crippen MR) is 97.3 cm³/mol. The van der Waals surface area contributed by atoms with E-state index in [1.807, 2.05) is 0 Å². The average Bonchev–Trinajstić information content (AvgIpc) is 2.60. The summed E-state index contributed by atoms with van der Waals surface area (Å²) in [6, 6.07) is 11.7. The summed E-state index contributed by atoms with van der Waals surface area (Å²) in [5.74, 6) is 4.11. The third kappa shape index (κ3) is 3.02. The Balaban J connectivity index is 1.14. The van der Waals surface area contributed by atoms with Gasteiger partial charge in [-0.2, -0.15) is 0 Å². The first-order valence-electron chi connectivity index (χ1n) is 10.1. The first kappa shape index (κ1) is 15.4. The van der Waals surface area contributed by atoms with Gasteiger partial charge >= 0.3 is 0 Å². The van der Waals surface area contributed by atoms with Gasteiger partial charge in [-0.1, -0.05) is 30.3 Å². The molecule has 0 unspecified atom stereocenters. The molecule has 0 atom stereocenters. The second-order valence-electron chi connectivity index (χ2n) is 8.83. The van der Waals surface area contributed by atoms with E-state index in [4.69, 9.17) is 0 Å². The Kier molecular flexibility index (Phi) is 4.12. The Labute approximate surface area is 146 Å². The van der Waals surface area contributed by atoms with Crippen molar-refractivity contribution in [1.82, 2.24) is 15.3 Å². The third-order valence-electron chi connectivity index (χ3n) is 7.18. The van der Waals surface area contributed by atoms with Crippen molar-refractivity contribution in [3.63, 3.8) is 0 Å². The molecule has 0 amide bonds. The van der Waals surface area contributed by atoms with Crippen LogP contribution in [0.2, 0.25) is 0 Å². The molecule has 3 nitrogen and oxygen atoms in total. The molecule has 4 saturated carbocycles. The maximum atomic E-state index is 3.99. The highest BCUT2D eigenvalue weighted by molar-refractivity contribution is 5.14. The molecule has 1 heterocycles. The Bertz CT molecular complexity index is 521. The van der Waals surface area contributed by atoms with Crippen LogP contribution in [0.1, 0.15) is 37.7 Å². The van der Waals surface area contributed by atoms with E-state index in [9.17, 15) is 0 Å². The number of hydrogen-bond acceptors (Lipinski definition) is 3. The Morgan fingerprint density at radius 2 is 1.42 bits per heavy atom. The van der Waals surface area contributed by atoms with Crippen molar-refractivity contribution in [3.05, 3.63) is 35.9 Å². The third-order valence-corrected chi connectivity index (χ3v) is 7.18. The first-order chi connectivity index (χ1) is 11.8. The van der Waals surface area contributed by atoms with Crippen LogP contribution >= 0.6 is 0 Å². The molecule has 6 rings (SSSR count). The molecular weight excluding hydrogens is 294 g/mol. The highest BCUT2D eigenvalue weighted by Gasteiger charge is 2.48. The largest absolute Gasteiger partial charge is 0.296 e. The molecule has 0 radical (unpaired) electrons. The molecule has 4 aliphatic carbocycles. The summed E-state index contributed by atoms with van der Waals surface area (Å²) in [6.07, 6.45) is 7.60. The van der Waals surface area contributed by atoms with Crippen LogP contribution in [-0.2, 0) is 6.54 Å². The van der Waals surface area contributed by atoms with Crippen molar-refractivity contribution < 1.29 is 0 Å². The van der Waals surface area contributed by atoms with Gasteiger partial charge in [0.2, 0.25) is 0 Å². The van der Waals surface area contributed by atoms with Crippen LogP contribution in [0.5, 0.6) is 0 Å².